The van der Waals surface area contributed by atoms with Crippen LogP contribution in [0.25, 0.3) is 0 Å². The Labute approximate surface area is 204 Å². The van der Waals surface area contributed by atoms with Crippen LogP contribution in [0, 0.1) is 23.2 Å². The summed E-state index contributed by atoms with van der Waals surface area (Å²) in [6.07, 6.45) is -1.43. The van der Waals surface area contributed by atoms with Gasteiger partial charge in [0.1, 0.15) is 12.6 Å². The molecular weight excluding hydrogens is 436 g/mol. The normalized spacial score (nSPS) is 15.4. The molecule has 0 saturated heterocycles. The lowest BCUT2D eigenvalue weighted by molar-refractivity contribution is -0.161. The molecule has 0 aliphatic rings. The Hall–Kier alpha value is -2.61. The lowest BCUT2D eigenvalue weighted by Gasteiger charge is -2.43. The molecule has 0 heterocycles. The van der Waals surface area contributed by atoms with Crippen LogP contribution in [0.2, 0.25) is 0 Å². The molecule has 0 radical (unpaired) electrons. The van der Waals surface area contributed by atoms with Gasteiger partial charge in [0.15, 0.2) is 0 Å². The van der Waals surface area contributed by atoms with Gasteiger partial charge in [-0.15, -0.1) is 0 Å². The Morgan fingerprint density at radius 2 is 1.59 bits per heavy atom. The molecule has 2 N–H and O–H groups in total. The average molecular weight is 479 g/mol. The van der Waals surface area contributed by atoms with Crippen LogP contribution in [0.1, 0.15) is 54.0 Å². The van der Waals surface area contributed by atoms with Crippen molar-refractivity contribution in [1.82, 2.24) is 10.2 Å². The summed E-state index contributed by atoms with van der Waals surface area (Å²) in [5, 5.41) is 12.7. The molecule has 0 aliphatic carbocycles. The molecular formula is C26H42N2O6. The SMILES string of the molecule is CO[C@H](C(C(=O)O)C(C)(C)C)[C@H](C(C)C)N(C)C(=O)[C@@H](NC(=O)OCc1ccccc1)C(C)C. The second-order valence-electron chi connectivity index (χ2n) is 10.5. The maximum Gasteiger partial charge on any atom is 0.408 e. The van der Waals surface area contributed by atoms with Crippen LogP contribution in [-0.2, 0) is 25.7 Å². The third-order valence-electron chi connectivity index (χ3n) is 6.03. The van der Waals surface area contributed by atoms with Crippen molar-refractivity contribution in [3.8, 4) is 0 Å². The van der Waals surface area contributed by atoms with Gasteiger partial charge < -0.3 is 24.8 Å². The van der Waals surface area contributed by atoms with E-state index >= 15 is 0 Å². The number of alkyl carbamates (subject to hydrolysis) is 1. The fraction of sp³-hybridized carbons (Fsp3) is 0.654. The molecule has 0 fully saturated rings. The Kier molecular flexibility index (Phi) is 11.0. The second kappa shape index (κ2) is 12.7. The second-order valence-corrected chi connectivity index (χ2v) is 10.5. The van der Waals surface area contributed by atoms with Crippen molar-refractivity contribution in [3.63, 3.8) is 0 Å². The number of nitrogens with one attached hydrogen (secondary N) is 1. The summed E-state index contributed by atoms with van der Waals surface area (Å²) in [5.74, 6) is -2.47. The van der Waals surface area contributed by atoms with Crippen molar-refractivity contribution in [2.45, 2.75) is 73.3 Å². The van der Waals surface area contributed by atoms with E-state index in [-0.39, 0.29) is 24.3 Å². The first-order valence-electron chi connectivity index (χ1n) is 11.7. The number of methoxy groups -OCH3 is 1. The molecule has 8 nitrogen and oxygen atoms in total. The number of nitrogens with zero attached hydrogens (tertiary/aromatic N) is 1. The number of carboxylic acid groups (broad SMARTS) is 1. The van der Waals surface area contributed by atoms with Gasteiger partial charge in [-0.2, -0.15) is 0 Å². The molecule has 1 unspecified atom stereocenters. The summed E-state index contributed by atoms with van der Waals surface area (Å²) in [5.41, 5.74) is 0.243. The average Bonchev–Trinajstić information content (AvgIpc) is 2.73. The molecule has 0 spiro atoms. The van der Waals surface area contributed by atoms with Crippen LogP contribution >= 0.6 is 0 Å². The van der Waals surface area contributed by atoms with Crippen molar-refractivity contribution < 1.29 is 29.0 Å². The monoisotopic (exact) mass is 478 g/mol. The smallest absolute Gasteiger partial charge is 0.408 e. The number of amides is 2. The standard InChI is InChI=1S/C26H42N2O6/c1-16(2)20(27-25(32)34-15-18-13-11-10-12-14-18)23(29)28(8)21(17(3)4)22(33-9)19(24(30)31)26(5,6)7/h10-14,16-17,19-22H,15H2,1-9H3,(H,27,32)(H,30,31)/t19?,20-,21-,22+/m0/s1. The quantitative estimate of drug-likeness (QED) is 0.494. The van der Waals surface area contributed by atoms with E-state index in [0.717, 1.165) is 5.56 Å². The van der Waals surface area contributed by atoms with Gasteiger partial charge in [-0.05, 0) is 22.8 Å². The zero-order valence-electron chi connectivity index (χ0n) is 22.0. The summed E-state index contributed by atoms with van der Waals surface area (Å²) >= 11 is 0. The van der Waals surface area contributed by atoms with Crippen molar-refractivity contribution in [2.24, 2.45) is 23.2 Å². The number of carbonyl (C=O) groups excluding carboxylic acids is 2. The zero-order valence-corrected chi connectivity index (χ0v) is 22.0. The Morgan fingerprint density at radius 3 is 2.00 bits per heavy atom. The number of carboxylic acids is 1. The number of hydrogen-bond acceptors (Lipinski definition) is 5. The third-order valence-corrected chi connectivity index (χ3v) is 6.03. The number of carbonyl (C=O) groups is 3. The Morgan fingerprint density at radius 1 is 1.03 bits per heavy atom. The van der Waals surface area contributed by atoms with Crippen molar-refractivity contribution >= 4 is 18.0 Å². The van der Waals surface area contributed by atoms with Gasteiger partial charge in [0.2, 0.25) is 5.91 Å². The van der Waals surface area contributed by atoms with E-state index in [0.29, 0.717) is 0 Å². The minimum atomic E-state index is -0.978. The molecule has 1 rings (SSSR count). The summed E-state index contributed by atoms with van der Waals surface area (Å²) < 4.78 is 11.0. The molecule has 0 saturated carbocycles. The fourth-order valence-corrected chi connectivity index (χ4v) is 4.30. The first kappa shape index (κ1) is 29.4. The van der Waals surface area contributed by atoms with Gasteiger partial charge in [0.05, 0.1) is 18.1 Å². The van der Waals surface area contributed by atoms with Gasteiger partial charge in [0.25, 0.3) is 0 Å². The van der Waals surface area contributed by atoms with Crippen molar-refractivity contribution in [2.75, 3.05) is 14.2 Å². The molecule has 0 aliphatic heterocycles. The van der Waals surface area contributed by atoms with Crippen LogP contribution in [0.15, 0.2) is 30.3 Å². The predicted octanol–water partition coefficient (Wildman–Crippen LogP) is 4.18. The van der Waals surface area contributed by atoms with E-state index in [9.17, 15) is 19.5 Å². The zero-order chi connectivity index (χ0) is 26.2. The Balaban J connectivity index is 3.10. The highest BCUT2D eigenvalue weighted by atomic mass is 16.5. The van der Waals surface area contributed by atoms with Gasteiger partial charge in [-0.25, -0.2) is 4.79 Å². The fourth-order valence-electron chi connectivity index (χ4n) is 4.30. The predicted molar refractivity (Wildman–Crippen MR) is 131 cm³/mol. The highest BCUT2D eigenvalue weighted by Gasteiger charge is 2.46. The van der Waals surface area contributed by atoms with Crippen LogP contribution in [0.5, 0.6) is 0 Å². The van der Waals surface area contributed by atoms with E-state index < -0.39 is 41.6 Å². The van der Waals surface area contributed by atoms with E-state index in [2.05, 4.69) is 5.32 Å². The van der Waals surface area contributed by atoms with Crippen molar-refractivity contribution in [3.05, 3.63) is 35.9 Å². The van der Waals surface area contributed by atoms with Gasteiger partial charge in [-0.3, -0.25) is 9.59 Å². The number of rotatable bonds is 11. The number of aliphatic carboxylic acids is 1. The van der Waals surface area contributed by atoms with Crippen LogP contribution in [0.4, 0.5) is 4.79 Å². The highest BCUT2D eigenvalue weighted by Crippen LogP contribution is 2.35. The van der Waals surface area contributed by atoms with E-state index in [1.54, 1.807) is 7.05 Å². The Bertz CT molecular complexity index is 803. The highest BCUT2D eigenvalue weighted by molar-refractivity contribution is 5.86. The molecule has 0 bridgehead atoms. The van der Waals surface area contributed by atoms with E-state index in [1.807, 2.05) is 78.8 Å². The number of hydrogen-bond donors (Lipinski definition) is 2. The molecule has 4 atom stereocenters. The van der Waals surface area contributed by atoms with Crippen LogP contribution in [0.3, 0.4) is 0 Å². The van der Waals surface area contributed by atoms with Gasteiger partial charge >= 0.3 is 12.1 Å². The van der Waals surface area contributed by atoms with Gasteiger partial charge in [0, 0.05) is 14.2 Å². The summed E-state index contributed by atoms with van der Waals surface area (Å²) in [4.78, 5) is 39.7. The summed E-state index contributed by atoms with van der Waals surface area (Å²) in [6.45, 7) is 13.1. The number of ether oxygens (including phenoxy) is 2. The van der Waals surface area contributed by atoms with Crippen LogP contribution in [-0.4, -0.2) is 60.3 Å². The molecule has 34 heavy (non-hydrogen) atoms. The minimum absolute atomic E-state index is 0.0910. The molecule has 0 aromatic heterocycles. The summed E-state index contributed by atoms with van der Waals surface area (Å²) in [6, 6.07) is 7.90. The minimum Gasteiger partial charge on any atom is -0.481 e. The number of benzene rings is 1. The van der Waals surface area contributed by atoms with Crippen LogP contribution < -0.4 is 5.32 Å². The third kappa shape index (κ3) is 8.01. The lowest BCUT2D eigenvalue weighted by atomic mass is 9.73. The molecule has 8 heteroatoms. The van der Waals surface area contributed by atoms with Crippen molar-refractivity contribution in [1.29, 1.82) is 0 Å². The first-order chi connectivity index (χ1) is 15.7. The summed E-state index contributed by atoms with van der Waals surface area (Å²) in [7, 11) is 3.10. The van der Waals surface area contributed by atoms with E-state index in [1.165, 1.54) is 12.0 Å². The van der Waals surface area contributed by atoms with E-state index in [4.69, 9.17) is 9.47 Å². The first-order valence-corrected chi connectivity index (χ1v) is 11.7. The maximum absolute atomic E-state index is 13.6. The lowest BCUT2D eigenvalue weighted by Crippen LogP contribution is -2.59. The molecule has 1 aromatic rings. The molecule has 1 aromatic carbocycles. The molecule has 192 valence electrons. The molecule has 2 amide bonds. The number of likely N-dealkylation sites (N-methyl/N-ethyl adjacent to an activating group) is 1. The topological polar surface area (TPSA) is 105 Å². The maximum atomic E-state index is 13.6. The van der Waals surface area contributed by atoms with Gasteiger partial charge in [-0.1, -0.05) is 78.8 Å². The largest absolute Gasteiger partial charge is 0.481 e.